The number of esters is 2. The molecule has 5 nitrogen and oxygen atoms in total. The molecule has 0 aromatic heterocycles. The zero-order chi connectivity index (χ0) is 9.84. The predicted molar refractivity (Wildman–Crippen MR) is 41.6 cm³/mol. The van der Waals surface area contributed by atoms with Crippen LogP contribution in [0.4, 0.5) is 0 Å². The lowest BCUT2D eigenvalue weighted by Gasteiger charge is -2.10. The van der Waals surface area contributed by atoms with E-state index in [0.29, 0.717) is 0 Å². The molecule has 0 aromatic rings. The maximum absolute atomic E-state index is 11.0. The Kier molecular flexibility index (Phi) is 3.25. The van der Waals surface area contributed by atoms with Crippen molar-refractivity contribution in [2.45, 2.75) is 20.1 Å². The van der Waals surface area contributed by atoms with Gasteiger partial charge < -0.3 is 14.2 Å². The van der Waals surface area contributed by atoms with E-state index in [0.717, 1.165) is 0 Å². The van der Waals surface area contributed by atoms with Crippen molar-refractivity contribution >= 4 is 11.9 Å². The number of carbonyl (C=O) groups excluding carboxylic acids is 2. The highest BCUT2D eigenvalue weighted by Gasteiger charge is 2.25. The van der Waals surface area contributed by atoms with Gasteiger partial charge in [0.2, 0.25) is 6.29 Å². The van der Waals surface area contributed by atoms with Crippen molar-refractivity contribution in [2.75, 3.05) is 13.2 Å². The van der Waals surface area contributed by atoms with Gasteiger partial charge in [-0.2, -0.15) is 0 Å². The molecule has 74 valence electrons. The number of rotatable bonds is 3. The van der Waals surface area contributed by atoms with Gasteiger partial charge in [-0.15, -0.1) is 0 Å². The minimum absolute atomic E-state index is 0.0250. The first-order chi connectivity index (χ1) is 6.09. The van der Waals surface area contributed by atoms with E-state index in [1.165, 1.54) is 0 Å². The molecule has 1 unspecified atom stereocenters. The minimum Gasteiger partial charge on any atom is -0.459 e. The van der Waals surface area contributed by atoms with Crippen LogP contribution in [-0.4, -0.2) is 31.4 Å². The number of cyclic esters (lactones) is 1. The summed E-state index contributed by atoms with van der Waals surface area (Å²) in [5, 5.41) is 0. The Morgan fingerprint density at radius 2 is 2.38 bits per heavy atom. The van der Waals surface area contributed by atoms with E-state index in [-0.39, 0.29) is 25.1 Å². The van der Waals surface area contributed by atoms with Crippen LogP contribution in [-0.2, 0) is 23.8 Å². The molecule has 1 saturated heterocycles. The first-order valence-electron chi connectivity index (χ1n) is 4.07. The van der Waals surface area contributed by atoms with E-state index in [1.807, 2.05) is 0 Å². The van der Waals surface area contributed by atoms with Crippen LogP contribution in [0.3, 0.4) is 0 Å². The summed E-state index contributed by atoms with van der Waals surface area (Å²) >= 11 is 0. The van der Waals surface area contributed by atoms with Gasteiger partial charge in [0.15, 0.2) is 6.61 Å². The third kappa shape index (κ3) is 3.02. The monoisotopic (exact) mass is 188 g/mol. The third-order valence-electron chi connectivity index (χ3n) is 1.48. The Morgan fingerprint density at radius 1 is 1.69 bits per heavy atom. The van der Waals surface area contributed by atoms with Crippen LogP contribution in [0.1, 0.15) is 13.8 Å². The molecule has 1 rings (SSSR count). The van der Waals surface area contributed by atoms with Gasteiger partial charge in [0.25, 0.3) is 0 Å². The molecule has 1 fully saturated rings. The molecule has 1 heterocycles. The van der Waals surface area contributed by atoms with E-state index in [1.54, 1.807) is 13.8 Å². The van der Waals surface area contributed by atoms with Gasteiger partial charge in [-0.05, 0) is 0 Å². The fourth-order valence-corrected chi connectivity index (χ4v) is 0.775. The van der Waals surface area contributed by atoms with E-state index >= 15 is 0 Å². The third-order valence-corrected chi connectivity index (χ3v) is 1.48. The van der Waals surface area contributed by atoms with Crippen molar-refractivity contribution in [3.05, 3.63) is 0 Å². The van der Waals surface area contributed by atoms with Crippen molar-refractivity contribution in [1.82, 2.24) is 0 Å². The Hall–Kier alpha value is -1.10. The van der Waals surface area contributed by atoms with Crippen LogP contribution >= 0.6 is 0 Å². The fourth-order valence-electron chi connectivity index (χ4n) is 0.775. The standard InChI is InChI=1S/C8H12O5/c1-5(2)8(10)12-4-7-11-3-6(9)13-7/h5,7H,3-4H2,1-2H3. The van der Waals surface area contributed by atoms with E-state index in [2.05, 4.69) is 4.74 Å². The molecule has 1 aliphatic heterocycles. The second kappa shape index (κ2) is 4.23. The molecule has 13 heavy (non-hydrogen) atoms. The maximum Gasteiger partial charge on any atom is 0.334 e. The fraction of sp³-hybridized carbons (Fsp3) is 0.750. The molecule has 1 aliphatic rings. The summed E-state index contributed by atoms with van der Waals surface area (Å²) in [5.41, 5.74) is 0. The lowest BCUT2D eigenvalue weighted by atomic mass is 10.2. The highest BCUT2D eigenvalue weighted by atomic mass is 16.8. The SMILES string of the molecule is CC(C)C(=O)OCC1OCC(=O)O1. The van der Waals surface area contributed by atoms with Crippen LogP contribution in [0, 0.1) is 5.92 Å². The van der Waals surface area contributed by atoms with Crippen molar-refractivity contribution < 1.29 is 23.8 Å². The van der Waals surface area contributed by atoms with Crippen molar-refractivity contribution in [2.24, 2.45) is 5.92 Å². The molecule has 0 amide bonds. The lowest BCUT2D eigenvalue weighted by Crippen LogP contribution is -2.22. The summed E-state index contributed by atoms with van der Waals surface area (Å²) in [6.45, 7) is 3.36. The van der Waals surface area contributed by atoms with Crippen LogP contribution in [0.15, 0.2) is 0 Å². The molecular formula is C8H12O5. The molecule has 0 bridgehead atoms. The number of carbonyl (C=O) groups is 2. The molecule has 5 heteroatoms. The lowest BCUT2D eigenvalue weighted by molar-refractivity contribution is -0.164. The summed E-state index contributed by atoms with van der Waals surface area (Å²) in [6, 6.07) is 0. The summed E-state index contributed by atoms with van der Waals surface area (Å²) < 4.78 is 14.3. The Labute approximate surface area is 76.0 Å². The van der Waals surface area contributed by atoms with Gasteiger partial charge >= 0.3 is 11.9 Å². The average Bonchev–Trinajstić information content (AvgIpc) is 2.47. The first kappa shape index (κ1) is 9.98. The second-order valence-electron chi connectivity index (χ2n) is 3.02. The average molecular weight is 188 g/mol. The van der Waals surface area contributed by atoms with Gasteiger partial charge in [0.1, 0.15) is 6.61 Å². The zero-order valence-corrected chi connectivity index (χ0v) is 7.61. The smallest absolute Gasteiger partial charge is 0.334 e. The van der Waals surface area contributed by atoms with E-state index in [4.69, 9.17) is 9.47 Å². The summed E-state index contributed by atoms with van der Waals surface area (Å²) in [5.74, 6) is -0.936. The Bertz CT molecular complexity index is 211. The second-order valence-corrected chi connectivity index (χ2v) is 3.02. The highest BCUT2D eigenvalue weighted by Crippen LogP contribution is 2.06. The maximum atomic E-state index is 11.0. The predicted octanol–water partition coefficient (Wildman–Crippen LogP) is 0.0851. The summed E-state index contributed by atoms with van der Waals surface area (Å²) in [4.78, 5) is 21.5. The molecule has 0 N–H and O–H groups in total. The zero-order valence-electron chi connectivity index (χ0n) is 7.61. The molecule has 0 aromatic carbocycles. The molecule has 1 atom stereocenters. The number of hydrogen-bond acceptors (Lipinski definition) is 5. The first-order valence-corrected chi connectivity index (χ1v) is 4.07. The molecule has 0 aliphatic carbocycles. The van der Waals surface area contributed by atoms with Crippen molar-refractivity contribution in [3.63, 3.8) is 0 Å². The topological polar surface area (TPSA) is 61.8 Å². The van der Waals surface area contributed by atoms with Crippen LogP contribution in [0.2, 0.25) is 0 Å². The van der Waals surface area contributed by atoms with Crippen LogP contribution < -0.4 is 0 Å². The summed E-state index contributed by atoms with van der Waals surface area (Å²) in [6.07, 6.45) is -0.727. The molecule has 0 radical (unpaired) electrons. The van der Waals surface area contributed by atoms with Gasteiger partial charge in [0.05, 0.1) is 5.92 Å². The normalized spacial score (nSPS) is 21.8. The van der Waals surface area contributed by atoms with E-state index in [9.17, 15) is 9.59 Å². The van der Waals surface area contributed by atoms with Crippen molar-refractivity contribution in [1.29, 1.82) is 0 Å². The van der Waals surface area contributed by atoms with Crippen LogP contribution in [0.5, 0.6) is 0 Å². The van der Waals surface area contributed by atoms with Crippen LogP contribution in [0.25, 0.3) is 0 Å². The Morgan fingerprint density at radius 3 is 2.85 bits per heavy atom. The molecule has 0 saturated carbocycles. The van der Waals surface area contributed by atoms with E-state index < -0.39 is 12.3 Å². The van der Waals surface area contributed by atoms with Gasteiger partial charge in [-0.3, -0.25) is 4.79 Å². The molecular weight excluding hydrogens is 176 g/mol. The van der Waals surface area contributed by atoms with Crippen molar-refractivity contribution in [3.8, 4) is 0 Å². The quantitative estimate of drug-likeness (QED) is 0.587. The highest BCUT2D eigenvalue weighted by molar-refractivity contribution is 5.72. The number of hydrogen-bond donors (Lipinski definition) is 0. The summed E-state index contributed by atoms with van der Waals surface area (Å²) in [7, 11) is 0. The van der Waals surface area contributed by atoms with Gasteiger partial charge in [-0.25, -0.2) is 4.79 Å². The Balaban J connectivity index is 2.19. The minimum atomic E-state index is -0.727. The molecule has 0 spiro atoms. The largest absolute Gasteiger partial charge is 0.459 e. The number of ether oxygens (including phenoxy) is 3. The van der Waals surface area contributed by atoms with Gasteiger partial charge in [0, 0.05) is 0 Å². The van der Waals surface area contributed by atoms with Gasteiger partial charge in [-0.1, -0.05) is 13.8 Å².